The highest BCUT2D eigenvalue weighted by molar-refractivity contribution is 5.96. The predicted molar refractivity (Wildman–Crippen MR) is 72.8 cm³/mol. The van der Waals surface area contributed by atoms with Gasteiger partial charge in [-0.1, -0.05) is 0 Å². The van der Waals surface area contributed by atoms with Crippen LogP contribution in [0.1, 0.15) is 16.4 Å². The van der Waals surface area contributed by atoms with Crippen molar-refractivity contribution in [1.82, 2.24) is 20.1 Å². The van der Waals surface area contributed by atoms with Crippen LogP contribution >= 0.6 is 0 Å². The first-order chi connectivity index (χ1) is 9.63. The smallest absolute Gasteiger partial charge is 0.289 e. The maximum absolute atomic E-state index is 12.3. The second-order valence-electron chi connectivity index (χ2n) is 4.50. The monoisotopic (exact) mass is 271 g/mol. The van der Waals surface area contributed by atoms with Crippen LogP contribution in [0.25, 0.3) is 11.0 Å². The summed E-state index contributed by atoms with van der Waals surface area (Å²) in [6.07, 6.45) is 1.40. The molecule has 102 valence electrons. The summed E-state index contributed by atoms with van der Waals surface area (Å²) in [7, 11) is 1.67. The molecule has 3 N–H and O–H groups in total. The average Bonchev–Trinajstić information content (AvgIpc) is 3.06. The van der Waals surface area contributed by atoms with Crippen molar-refractivity contribution >= 4 is 22.6 Å². The van der Waals surface area contributed by atoms with Gasteiger partial charge in [-0.15, -0.1) is 0 Å². The quantitative estimate of drug-likeness (QED) is 0.701. The van der Waals surface area contributed by atoms with Gasteiger partial charge in [-0.25, -0.2) is 4.98 Å². The van der Waals surface area contributed by atoms with Crippen LogP contribution in [0.2, 0.25) is 0 Å². The highest BCUT2D eigenvalue weighted by atomic mass is 16.3. The third-order valence-electron chi connectivity index (χ3n) is 2.95. The lowest BCUT2D eigenvalue weighted by molar-refractivity contribution is 0.0752. The first kappa shape index (κ1) is 12.2. The molecule has 20 heavy (non-hydrogen) atoms. The first-order valence-electron chi connectivity index (χ1n) is 6.02. The summed E-state index contributed by atoms with van der Waals surface area (Å²) in [4.78, 5) is 17.7. The zero-order chi connectivity index (χ0) is 14.1. The van der Waals surface area contributed by atoms with Gasteiger partial charge in [0.25, 0.3) is 5.91 Å². The Morgan fingerprint density at radius 3 is 3.05 bits per heavy atom. The van der Waals surface area contributed by atoms with E-state index in [4.69, 9.17) is 10.2 Å². The van der Waals surface area contributed by atoms with Crippen LogP contribution in [0.4, 0.5) is 5.69 Å². The molecule has 3 rings (SSSR count). The first-order valence-corrected chi connectivity index (χ1v) is 6.02. The Labute approximate surface area is 114 Å². The Morgan fingerprint density at radius 1 is 1.45 bits per heavy atom. The van der Waals surface area contributed by atoms with Crippen molar-refractivity contribution < 1.29 is 9.21 Å². The van der Waals surface area contributed by atoms with Gasteiger partial charge in [0.2, 0.25) is 0 Å². The number of benzene rings is 1. The molecule has 0 radical (unpaired) electrons. The molecule has 1 amide bonds. The fraction of sp³-hybridized carbons (Fsp3) is 0.154. The van der Waals surface area contributed by atoms with Crippen LogP contribution in [0.15, 0.2) is 35.0 Å². The van der Waals surface area contributed by atoms with Gasteiger partial charge in [-0.05, 0) is 24.3 Å². The van der Waals surface area contributed by atoms with Gasteiger partial charge in [0.15, 0.2) is 5.76 Å². The van der Waals surface area contributed by atoms with E-state index in [0.29, 0.717) is 23.6 Å². The fourth-order valence-electron chi connectivity index (χ4n) is 1.96. The average molecular weight is 271 g/mol. The topological polar surface area (TPSA) is 101 Å². The Bertz CT molecular complexity index is 747. The van der Waals surface area contributed by atoms with E-state index in [2.05, 4.69) is 15.2 Å². The summed E-state index contributed by atoms with van der Waals surface area (Å²) >= 11 is 0. The molecule has 0 atom stereocenters. The van der Waals surface area contributed by atoms with E-state index in [1.807, 2.05) is 0 Å². The molecule has 0 saturated heterocycles. The van der Waals surface area contributed by atoms with Crippen LogP contribution in [-0.4, -0.2) is 33.0 Å². The molecular formula is C13H13N5O2. The van der Waals surface area contributed by atoms with E-state index in [1.54, 1.807) is 31.3 Å². The minimum atomic E-state index is -0.226. The minimum absolute atomic E-state index is 0.226. The Hall–Kier alpha value is -2.83. The number of nitrogens with zero attached hydrogens (tertiary/aromatic N) is 3. The van der Waals surface area contributed by atoms with Crippen molar-refractivity contribution in [3.63, 3.8) is 0 Å². The molecule has 7 nitrogen and oxygen atoms in total. The normalized spacial score (nSPS) is 10.8. The molecule has 1 aromatic carbocycles. The summed E-state index contributed by atoms with van der Waals surface area (Å²) in [6.45, 7) is 0.331. The molecule has 0 bridgehead atoms. The van der Waals surface area contributed by atoms with Crippen LogP contribution in [0, 0.1) is 0 Å². The molecule has 0 fully saturated rings. The molecule has 2 heterocycles. The van der Waals surface area contributed by atoms with Crippen molar-refractivity contribution in [2.24, 2.45) is 0 Å². The Balaban J connectivity index is 1.84. The summed E-state index contributed by atoms with van der Waals surface area (Å²) in [6, 6.07) is 6.94. The van der Waals surface area contributed by atoms with Gasteiger partial charge in [0, 0.05) is 18.1 Å². The minimum Gasteiger partial charge on any atom is -0.451 e. The summed E-state index contributed by atoms with van der Waals surface area (Å²) in [5, 5.41) is 7.25. The highest BCUT2D eigenvalue weighted by Gasteiger charge is 2.17. The van der Waals surface area contributed by atoms with E-state index in [1.165, 1.54) is 11.2 Å². The molecular weight excluding hydrogens is 258 g/mol. The lowest BCUT2D eigenvalue weighted by atomic mass is 10.2. The molecule has 0 aliphatic heterocycles. The molecule has 7 heteroatoms. The number of fused-ring (bicyclic) bond motifs is 1. The second-order valence-corrected chi connectivity index (χ2v) is 4.50. The van der Waals surface area contributed by atoms with Crippen molar-refractivity contribution in [2.45, 2.75) is 6.54 Å². The fourth-order valence-corrected chi connectivity index (χ4v) is 1.96. The summed E-state index contributed by atoms with van der Waals surface area (Å²) in [5.74, 6) is 0.657. The number of rotatable bonds is 3. The summed E-state index contributed by atoms with van der Waals surface area (Å²) in [5.41, 5.74) is 6.97. The number of furan rings is 1. The predicted octanol–water partition coefficient (Wildman–Crippen LogP) is 1.41. The van der Waals surface area contributed by atoms with Crippen molar-refractivity contribution in [3.8, 4) is 0 Å². The number of carbonyl (C=O) groups excluding carboxylic acids is 1. The molecule has 2 aromatic heterocycles. The van der Waals surface area contributed by atoms with E-state index in [0.717, 1.165) is 5.39 Å². The van der Waals surface area contributed by atoms with Gasteiger partial charge in [0.1, 0.15) is 17.7 Å². The number of anilines is 1. The number of nitrogens with one attached hydrogen (secondary N) is 1. The van der Waals surface area contributed by atoms with Gasteiger partial charge in [-0.2, -0.15) is 5.10 Å². The van der Waals surface area contributed by atoms with E-state index >= 15 is 0 Å². The molecule has 0 spiro atoms. The van der Waals surface area contributed by atoms with E-state index in [9.17, 15) is 4.79 Å². The number of amides is 1. The van der Waals surface area contributed by atoms with Gasteiger partial charge in [-0.3, -0.25) is 9.89 Å². The van der Waals surface area contributed by atoms with Crippen LogP contribution in [-0.2, 0) is 6.54 Å². The largest absolute Gasteiger partial charge is 0.451 e. The van der Waals surface area contributed by atoms with Crippen molar-refractivity contribution in [1.29, 1.82) is 0 Å². The standard InChI is InChI=1S/C13H13N5O2/c1-18(6-12-15-7-16-17-12)13(19)11-5-8-4-9(14)2-3-10(8)20-11/h2-5,7H,6,14H2,1H3,(H,15,16,17). The SMILES string of the molecule is CN(Cc1ncn[nH]1)C(=O)c1cc2cc(N)ccc2o1. The molecule has 0 aliphatic rings. The maximum atomic E-state index is 12.3. The number of nitrogen functional groups attached to an aromatic ring is 1. The lowest BCUT2D eigenvalue weighted by Crippen LogP contribution is -2.26. The van der Waals surface area contributed by atoms with E-state index in [-0.39, 0.29) is 11.7 Å². The van der Waals surface area contributed by atoms with E-state index < -0.39 is 0 Å². The zero-order valence-electron chi connectivity index (χ0n) is 10.8. The highest BCUT2D eigenvalue weighted by Crippen LogP contribution is 2.22. The van der Waals surface area contributed by atoms with Gasteiger partial charge < -0.3 is 15.1 Å². The number of aromatic nitrogens is 3. The zero-order valence-corrected chi connectivity index (χ0v) is 10.8. The second kappa shape index (κ2) is 4.69. The number of H-pyrrole nitrogens is 1. The number of carbonyl (C=O) groups is 1. The Morgan fingerprint density at radius 2 is 2.30 bits per heavy atom. The van der Waals surface area contributed by atoms with Crippen molar-refractivity contribution in [2.75, 3.05) is 12.8 Å². The number of nitrogens with two attached hydrogens (primary N) is 1. The van der Waals surface area contributed by atoms with Gasteiger partial charge in [0.05, 0.1) is 6.54 Å². The number of hydrogen-bond donors (Lipinski definition) is 2. The van der Waals surface area contributed by atoms with Crippen LogP contribution in [0.5, 0.6) is 0 Å². The van der Waals surface area contributed by atoms with Crippen LogP contribution < -0.4 is 5.73 Å². The third-order valence-corrected chi connectivity index (χ3v) is 2.95. The molecule has 0 saturated carbocycles. The van der Waals surface area contributed by atoms with Crippen LogP contribution in [0.3, 0.4) is 0 Å². The van der Waals surface area contributed by atoms with Crippen molar-refractivity contribution in [3.05, 3.63) is 42.2 Å². The number of hydrogen-bond acceptors (Lipinski definition) is 5. The van der Waals surface area contributed by atoms with Gasteiger partial charge >= 0.3 is 0 Å². The molecule has 0 aliphatic carbocycles. The number of aromatic amines is 1. The molecule has 3 aromatic rings. The lowest BCUT2D eigenvalue weighted by Gasteiger charge is -2.13. The molecule has 0 unspecified atom stereocenters. The summed E-state index contributed by atoms with van der Waals surface area (Å²) < 4.78 is 5.53. The maximum Gasteiger partial charge on any atom is 0.289 e. The Kier molecular flexibility index (Phi) is 2.86. The third kappa shape index (κ3) is 2.20.